The van der Waals surface area contributed by atoms with Crippen LogP contribution < -0.4 is 15.8 Å². The van der Waals surface area contributed by atoms with Gasteiger partial charge in [0.25, 0.3) is 0 Å². The van der Waals surface area contributed by atoms with Crippen LogP contribution in [0.1, 0.15) is 24.0 Å². The first kappa shape index (κ1) is 22.2. The van der Waals surface area contributed by atoms with Crippen molar-refractivity contribution in [1.29, 1.82) is 0 Å². The molecular weight excluding hydrogens is 374 g/mol. The number of carbonyl (C=O) groups excluding carboxylic acids is 1. The zero-order valence-electron chi connectivity index (χ0n) is 16.2. The Morgan fingerprint density at radius 1 is 1.04 bits per heavy atom. The molecule has 0 aromatic heterocycles. The Morgan fingerprint density at radius 2 is 1.71 bits per heavy atom. The van der Waals surface area contributed by atoms with Gasteiger partial charge in [0.15, 0.2) is 0 Å². The number of piperidine rings is 1. The number of ether oxygens (including phenoxy) is 1. The topological polar surface area (TPSA) is 67.6 Å². The summed E-state index contributed by atoms with van der Waals surface area (Å²) in [6.45, 7) is 4.62. The first-order chi connectivity index (χ1) is 13.2. The lowest BCUT2D eigenvalue weighted by molar-refractivity contribution is -0.119. The monoisotopic (exact) mass is 403 g/mol. The molecule has 3 N–H and O–H groups in total. The highest BCUT2D eigenvalue weighted by Gasteiger charge is 2.18. The molecule has 3 rings (SSSR count). The molecule has 28 heavy (non-hydrogen) atoms. The highest BCUT2D eigenvalue weighted by atomic mass is 35.5. The van der Waals surface area contributed by atoms with Gasteiger partial charge in [0.2, 0.25) is 5.91 Å². The van der Waals surface area contributed by atoms with E-state index in [1.165, 1.54) is 0 Å². The molecule has 0 atom stereocenters. The summed E-state index contributed by atoms with van der Waals surface area (Å²) >= 11 is 0. The highest BCUT2D eigenvalue weighted by Crippen LogP contribution is 2.18. The van der Waals surface area contributed by atoms with Crippen LogP contribution in [0.5, 0.6) is 5.75 Å². The zero-order chi connectivity index (χ0) is 18.9. The number of primary amides is 1. The van der Waals surface area contributed by atoms with E-state index >= 15 is 0 Å². The molecule has 1 amide bonds. The van der Waals surface area contributed by atoms with Gasteiger partial charge in [0.05, 0.1) is 6.54 Å². The molecule has 0 saturated carbocycles. The van der Waals surface area contributed by atoms with Crippen molar-refractivity contribution in [3.63, 3.8) is 0 Å². The predicted octanol–water partition coefficient (Wildman–Crippen LogP) is 2.97. The Labute approximate surface area is 173 Å². The van der Waals surface area contributed by atoms with E-state index in [0.29, 0.717) is 19.1 Å². The van der Waals surface area contributed by atoms with E-state index in [1.807, 2.05) is 30.3 Å². The molecule has 0 radical (unpaired) electrons. The molecule has 1 aliphatic rings. The van der Waals surface area contributed by atoms with Crippen LogP contribution in [0, 0.1) is 5.92 Å². The third kappa shape index (κ3) is 7.50. The Kier molecular flexibility index (Phi) is 9.28. The molecule has 2 aromatic rings. The largest absolute Gasteiger partial charge is 0.489 e. The molecule has 5 nitrogen and oxygen atoms in total. The molecule has 1 fully saturated rings. The van der Waals surface area contributed by atoms with Crippen molar-refractivity contribution in [2.75, 3.05) is 26.2 Å². The van der Waals surface area contributed by atoms with Gasteiger partial charge < -0.3 is 15.8 Å². The van der Waals surface area contributed by atoms with Gasteiger partial charge in [-0.2, -0.15) is 0 Å². The second-order valence-electron chi connectivity index (χ2n) is 7.25. The van der Waals surface area contributed by atoms with E-state index in [0.717, 1.165) is 55.9 Å². The highest BCUT2D eigenvalue weighted by molar-refractivity contribution is 5.85. The number of hydrogen-bond acceptors (Lipinski definition) is 4. The Hall–Kier alpha value is -2.08. The first-order valence-electron chi connectivity index (χ1n) is 9.66. The van der Waals surface area contributed by atoms with Crippen molar-refractivity contribution in [1.82, 2.24) is 10.2 Å². The minimum atomic E-state index is -0.272. The van der Waals surface area contributed by atoms with Crippen molar-refractivity contribution in [3.8, 4) is 5.75 Å². The van der Waals surface area contributed by atoms with Gasteiger partial charge in [-0.05, 0) is 55.1 Å². The molecular formula is C22H30ClN3O2. The van der Waals surface area contributed by atoms with Crippen LogP contribution in [0.4, 0.5) is 0 Å². The summed E-state index contributed by atoms with van der Waals surface area (Å²) in [6.07, 6.45) is 2.31. The Balaban J connectivity index is 0.00000280. The molecule has 1 aliphatic heterocycles. The standard InChI is InChI=1S/C22H29N3O2.ClH/c23-22(26)16-25(15-19-10-12-24-13-11-19)14-18-6-8-21(9-7-18)27-17-20-4-2-1-3-5-20;/h1-9,19,24H,10-17H2,(H2,23,26);1H. The molecule has 0 bridgehead atoms. The second-order valence-corrected chi connectivity index (χ2v) is 7.25. The lowest BCUT2D eigenvalue weighted by atomic mass is 9.97. The van der Waals surface area contributed by atoms with Crippen LogP contribution in [0.2, 0.25) is 0 Å². The zero-order valence-corrected chi connectivity index (χ0v) is 17.0. The summed E-state index contributed by atoms with van der Waals surface area (Å²) in [5, 5.41) is 3.38. The number of benzene rings is 2. The van der Waals surface area contributed by atoms with E-state index in [4.69, 9.17) is 10.5 Å². The maximum absolute atomic E-state index is 11.5. The fourth-order valence-corrected chi connectivity index (χ4v) is 3.53. The van der Waals surface area contributed by atoms with Gasteiger partial charge in [-0.3, -0.25) is 9.69 Å². The SMILES string of the molecule is Cl.NC(=O)CN(Cc1ccc(OCc2ccccc2)cc1)CC1CCNCC1. The van der Waals surface area contributed by atoms with Gasteiger partial charge in [-0.1, -0.05) is 42.5 Å². The maximum Gasteiger partial charge on any atom is 0.231 e. The molecule has 6 heteroatoms. The third-order valence-electron chi connectivity index (χ3n) is 4.93. The molecule has 152 valence electrons. The lowest BCUT2D eigenvalue weighted by Gasteiger charge is -2.29. The molecule has 0 aliphatic carbocycles. The third-order valence-corrected chi connectivity index (χ3v) is 4.93. The van der Waals surface area contributed by atoms with Crippen molar-refractivity contribution < 1.29 is 9.53 Å². The predicted molar refractivity (Wildman–Crippen MR) is 115 cm³/mol. The minimum absolute atomic E-state index is 0. The molecule has 0 spiro atoms. The number of halogens is 1. The van der Waals surface area contributed by atoms with Crippen LogP contribution >= 0.6 is 12.4 Å². The van der Waals surface area contributed by atoms with E-state index in [2.05, 4.69) is 34.5 Å². The molecule has 1 saturated heterocycles. The number of nitrogens with zero attached hydrogens (tertiary/aromatic N) is 1. The van der Waals surface area contributed by atoms with Crippen LogP contribution in [0.15, 0.2) is 54.6 Å². The number of rotatable bonds is 9. The number of amides is 1. The molecule has 1 heterocycles. The second kappa shape index (κ2) is 11.7. The maximum atomic E-state index is 11.5. The van der Waals surface area contributed by atoms with E-state index in [-0.39, 0.29) is 18.3 Å². The van der Waals surface area contributed by atoms with Crippen molar-refractivity contribution >= 4 is 18.3 Å². The summed E-state index contributed by atoms with van der Waals surface area (Å²) < 4.78 is 5.84. The van der Waals surface area contributed by atoms with Crippen LogP contribution in [-0.4, -0.2) is 37.0 Å². The summed E-state index contributed by atoms with van der Waals surface area (Å²) in [5.41, 5.74) is 7.77. The van der Waals surface area contributed by atoms with Crippen molar-refractivity contribution in [3.05, 3.63) is 65.7 Å². The van der Waals surface area contributed by atoms with Gasteiger partial charge in [-0.25, -0.2) is 0 Å². The fourth-order valence-electron chi connectivity index (χ4n) is 3.53. The summed E-state index contributed by atoms with van der Waals surface area (Å²) in [7, 11) is 0. The lowest BCUT2D eigenvalue weighted by Crippen LogP contribution is -2.39. The Morgan fingerprint density at radius 3 is 2.36 bits per heavy atom. The van der Waals surface area contributed by atoms with Gasteiger partial charge in [0.1, 0.15) is 12.4 Å². The van der Waals surface area contributed by atoms with Crippen LogP contribution in [0.25, 0.3) is 0 Å². The summed E-state index contributed by atoms with van der Waals surface area (Å²) in [5.74, 6) is 1.20. The quantitative estimate of drug-likeness (QED) is 0.675. The first-order valence-corrected chi connectivity index (χ1v) is 9.66. The van der Waals surface area contributed by atoms with Gasteiger partial charge >= 0.3 is 0 Å². The van der Waals surface area contributed by atoms with E-state index in [1.54, 1.807) is 0 Å². The van der Waals surface area contributed by atoms with Gasteiger partial charge in [-0.15, -0.1) is 12.4 Å². The Bertz CT molecular complexity index is 703. The van der Waals surface area contributed by atoms with Crippen LogP contribution in [0.3, 0.4) is 0 Å². The van der Waals surface area contributed by atoms with Crippen molar-refractivity contribution in [2.45, 2.75) is 26.0 Å². The molecule has 2 aromatic carbocycles. The smallest absolute Gasteiger partial charge is 0.231 e. The fraction of sp³-hybridized carbons (Fsp3) is 0.409. The average Bonchev–Trinajstić information content (AvgIpc) is 2.68. The number of nitrogens with one attached hydrogen (secondary N) is 1. The number of nitrogens with two attached hydrogens (primary N) is 1. The summed E-state index contributed by atoms with van der Waals surface area (Å²) in [4.78, 5) is 13.6. The van der Waals surface area contributed by atoms with E-state index < -0.39 is 0 Å². The van der Waals surface area contributed by atoms with E-state index in [9.17, 15) is 4.79 Å². The minimum Gasteiger partial charge on any atom is -0.489 e. The van der Waals surface area contributed by atoms with Crippen molar-refractivity contribution in [2.24, 2.45) is 11.7 Å². The van der Waals surface area contributed by atoms with Crippen LogP contribution in [-0.2, 0) is 17.9 Å². The molecule has 0 unspecified atom stereocenters. The number of hydrogen-bond donors (Lipinski definition) is 2. The normalized spacial score (nSPS) is 14.5. The number of carbonyl (C=O) groups is 1. The average molecular weight is 404 g/mol. The summed E-state index contributed by atoms with van der Waals surface area (Å²) in [6, 6.07) is 18.2. The van der Waals surface area contributed by atoms with Gasteiger partial charge in [0, 0.05) is 13.1 Å².